The van der Waals surface area contributed by atoms with Crippen molar-refractivity contribution in [2.24, 2.45) is 28.9 Å². The van der Waals surface area contributed by atoms with Gasteiger partial charge in [-0.2, -0.15) is 0 Å². The second kappa shape index (κ2) is 41.0. The molecule has 3 aliphatic heterocycles. The summed E-state index contributed by atoms with van der Waals surface area (Å²) in [6.07, 6.45) is 6.58. The van der Waals surface area contributed by atoms with Crippen molar-refractivity contribution in [1.82, 2.24) is 51.9 Å². The maximum atomic E-state index is 13.9. The summed E-state index contributed by atoms with van der Waals surface area (Å²) in [5.41, 5.74) is 7.52. The van der Waals surface area contributed by atoms with Crippen LogP contribution in [0.4, 0.5) is 15.3 Å². The Balaban J connectivity index is 0.976. The SMILES string of the molecule is COc1ccc(C[C@@H](NC(=O)/C=C/CC[C@H](C)[C@H]2O[C@@H]2c2ccc(CN3CCN(C(=O)OCc4ccc(NC(=O)[C@H](CCCNC(N)=O)NC(=O)[C@@H](NC(C)=O)C(C)C)cc4OCCOCCNC(=O)CCN4C(=O)C=CC4=O)CC3)cc2)C(=O)NCC(C)(C)C(=O)N[C@@H](CC(C)C)C(=O)O)cc1Cl. The lowest BCUT2D eigenvalue weighted by molar-refractivity contribution is -0.144. The van der Waals surface area contributed by atoms with Crippen molar-refractivity contribution in [3.05, 3.63) is 112 Å². The van der Waals surface area contributed by atoms with Gasteiger partial charge in [0.1, 0.15) is 55.0 Å². The molecule has 104 heavy (non-hydrogen) atoms. The molecule has 11 N–H and O–H groups in total. The molecule has 2 fully saturated rings. The van der Waals surface area contributed by atoms with E-state index in [1.54, 1.807) is 69.0 Å². The van der Waals surface area contributed by atoms with E-state index in [-0.39, 0.29) is 132 Å². The molecule has 7 atom stereocenters. The summed E-state index contributed by atoms with van der Waals surface area (Å²) < 4.78 is 29.1. The summed E-state index contributed by atoms with van der Waals surface area (Å²) in [6.45, 7) is 16.3. The van der Waals surface area contributed by atoms with Crippen molar-refractivity contribution in [3.63, 3.8) is 0 Å². The summed E-state index contributed by atoms with van der Waals surface area (Å²) in [5.74, 6) is -5.22. The summed E-state index contributed by atoms with van der Waals surface area (Å²) in [7, 11) is 1.48. The highest BCUT2D eigenvalue weighted by atomic mass is 35.5. The molecule has 6 rings (SSSR count). The van der Waals surface area contributed by atoms with Crippen molar-refractivity contribution < 1.29 is 86.3 Å². The van der Waals surface area contributed by atoms with Gasteiger partial charge in [-0.15, -0.1) is 0 Å². The predicted octanol–water partition coefficient (Wildman–Crippen LogP) is 4.56. The van der Waals surface area contributed by atoms with E-state index in [2.05, 4.69) is 78.6 Å². The first-order chi connectivity index (χ1) is 49.4. The first-order valence-corrected chi connectivity index (χ1v) is 35.3. The van der Waals surface area contributed by atoms with Crippen LogP contribution in [0.5, 0.6) is 11.5 Å². The van der Waals surface area contributed by atoms with Crippen molar-refractivity contribution in [3.8, 4) is 11.5 Å². The van der Waals surface area contributed by atoms with Crippen LogP contribution in [0.25, 0.3) is 0 Å². The minimum absolute atomic E-state index is 0.0127. The van der Waals surface area contributed by atoms with E-state index in [0.717, 1.165) is 34.6 Å². The fourth-order valence-corrected chi connectivity index (χ4v) is 11.7. The number of benzene rings is 3. The molecule has 3 aromatic rings. The maximum absolute atomic E-state index is 13.9. The number of halogens is 1. The number of urea groups is 1. The fraction of sp³-hybridized carbons (Fsp3) is 0.534. The highest BCUT2D eigenvalue weighted by molar-refractivity contribution is 6.32. The molecule has 0 radical (unpaired) electrons. The molecular formula is C73H101ClN12O18. The smallest absolute Gasteiger partial charge is 0.410 e. The normalized spacial score (nSPS) is 16.6. The van der Waals surface area contributed by atoms with Crippen molar-refractivity contribution in [2.45, 2.75) is 150 Å². The number of rotatable bonds is 42. The number of aliphatic carboxylic acids is 1. The minimum atomic E-state index is -1.20. The highest BCUT2D eigenvalue weighted by Crippen LogP contribution is 2.44. The Morgan fingerprint density at radius 3 is 2.11 bits per heavy atom. The fourth-order valence-electron chi connectivity index (χ4n) is 11.4. The monoisotopic (exact) mass is 1470 g/mol. The van der Waals surface area contributed by atoms with E-state index in [1.807, 2.05) is 13.8 Å². The first-order valence-electron chi connectivity index (χ1n) is 35.0. The molecule has 31 heteroatoms. The molecule has 0 spiro atoms. The summed E-state index contributed by atoms with van der Waals surface area (Å²) in [6, 6.07) is 13.0. The molecule has 2 saturated heterocycles. The van der Waals surface area contributed by atoms with Crippen LogP contribution < -0.4 is 57.7 Å². The predicted molar refractivity (Wildman–Crippen MR) is 384 cm³/mol. The van der Waals surface area contributed by atoms with Gasteiger partial charge in [0.05, 0.1) is 36.9 Å². The molecule has 3 heterocycles. The van der Waals surface area contributed by atoms with E-state index in [1.165, 1.54) is 26.2 Å². The second-order valence-electron chi connectivity index (χ2n) is 27.3. The van der Waals surface area contributed by atoms with Gasteiger partial charge >= 0.3 is 18.1 Å². The van der Waals surface area contributed by atoms with Crippen molar-refractivity contribution in [1.29, 1.82) is 0 Å². The molecule has 3 aromatic carbocycles. The van der Waals surface area contributed by atoms with Gasteiger partial charge < -0.3 is 82.0 Å². The zero-order valence-corrected chi connectivity index (χ0v) is 61.4. The molecule has 12 amide bonds. The second-order valence-corrected chi connectivity index (χ2v) is 27.7. The third-order valence-electron chi connectivity index (χ3n) is 17.5. The number of epoxide rings is 1. The van der Waals surface area contributed by atoms with Crippen molar-refractivity contribution in [2.75, 3.05) is 84.6 Å². The van der Waals surface area contributed by atoms with Crippen LogP contribution in [0.15, 0.2) is 85.0 Å². The average molecular weight is 1470 g/mol. The molecule has 0 aromatic heterocycles. The number of amides is 12. The molecule has 0 saturated carbocycles. The summed E-state index contributed by atoms with van der Waals surface area (Å²) in [5, 5.41) is 31.5. The Morgan fingerprint density at radius 2 is 1.46 bits per heavy atom. The van der Waals surface area contributed by atoms with Gasteiger partial charge in [0, 0.05) is 108 Å². The van der Waals surface area contributed by atoms with E-state index >= 15 is 0 Å². The Hall–Kier alpha value is -9.65. The maximum Gasteiger partial charge on any atom is 0.410 e. The number of primary amides is 1. The van der Waals surface area contributed by atoms with Gasteiger partial charge in [-0.3, -0.25) is 53.0 Å². The number of carbonyl (C=O) groups is 12. The quantitative estimate of drug-likeness (QED) is 0.0161. The van der Waals surface area contributed by atoms with Gasteiger partial charge in [-0.05, 0) is 111 Å². The third-order valence-corrected chi connectivity index (χ3v) is 17.8. The Morgan fingerprint density at radius 1 is 0.760 bits per heavy atom. The number of nitrogens with one attached hydrogen (secondary N) is 8. The van der Waals surface area contributed by atoms with E-state index in [9.17, 15) is 62.6 Å². The van der Waals surface area contributed by atoms with Crippen LogP contribution in [0.2, 0.25) is 5.02 Å². The lowest BCUT2D eigenvalue weighted by atomic mass is 9.91. The number of nitrogens with zero attached hydrogens (tertiary/aromatic N) is 3. The standard InChI is InChI=1S/C73H101ClN12O18/c1-44(2)37-56(69(95)96)83-70(97)73(7,8)43-78-66(92)55(39-49-18-23-57(100-9)53(74)38-49)81-60(89)15-11-10-13-46(5)64-65(104-64)50-19-16-48(17-20-50)41-84-30-32-85(33-31-84)72(99)103-42-51-21-22-52(40-58(51)102-36-35-101-34-28-76-59(88)26-29-86-61(90)24-25-62(86)91)80-67(93)54(14-12-27-77-71(75)98)82-68(94)63(45(3)4)79-47(6)87/h11,15-25,38,40,44-46,54-56,63-65H,10,12-14,26-37,39,41-43H2,1-9H3,(H,76,88)(H,78,92)(H,79,87)(H,80,93)(H,81,89)(H,82,94)(H,83,97)(H,95,96)(H3,75,77,98)/b15-11+/t46-,54-,55+,56-,63-,64+,65+/m0/s1. The number of nitrogens with two attached hydrogens (primary N) is 1. The highest BCUT2D eigenvalue weighted by Gasteiger charge is 2.44. The van der Waals surface area contributed by atoms with E-state index < -0.39 is 94.9 Å². The van der Waals surface area contributed by atoms with Gasteiger partial charge in [0.2, 0.25) is 41.4 Å². The number of methoxy groups -OCH3 is 1. The van der Waals surface area contributed by atoms with Crippen LogP contribution in [0.1, 0.15) is 122 Å². The van der Waals surface area contributed by atoms with Gasteiger partial charge in [0.15, 0.2) is 0 Å². The molecule has 568 valence electrons. The summed E-state index contributed by atoms with van der Waals surface area (Å²) in [4.78, 5) is 158. The topological polar surface area (TPSA) is 406 Å². The van der Waals surface area contributed by atoms with Crippen LogP contribution in [-0.4, -0.2) is 201 Å². The molecule has 0 unspecified atom stereocenters. The lowest BCUT2D eigenvalue weighted by Gasteiger charge is -2.34. The first kappa shape index (κ1) is 83.3. The lowest BCUT2D eigenvalue weighted by Crippen LogP contribution is -2.54. The zero-order chi connectivity index (χ0) is 76.2. The number of hydrogen-bond donors (Lipinski definition) is 10. The third kappa shape index (κ3) is 27.5. The number of allylic oxidation sites excluding steroid dienone is 1. The molecule has 3 aliphatic rings. The molecule has 0 bridgehead atoms. The van der Waals surface area contributed by atoms with Gasteiger partial charge in [-0.25, -0.2) is 14.4 Å². The largest absolute Gasteiger partial charge is 0.495 e. The number of piperazine rings is 1. The summed E-state index contributed by atoms with van der Waals surface area (Å²) >= 11 is 6.41. The Kier molecular flexibility index (Phi) is 32.8. The number of imide groups is 1. The zero-order valence-electron chi connectivity index (χ0n) is 60.6. The molecule has 0 aliphatic carbocycles. The van der Waals surface area contributed by atoms with Crippen LogP contribution in [-0.2, 0) is 81.7 Å². The van der Waals surface area contributed by atoms with E-state index in [4.69, 9.17) is 41.0 Å². The van der Waals surface area contributed by atoms with Crippen LogP contribution in [0.3, 0.4) is 0 Å². The van der Waals surface area contributed by atoms with Gasteiger partial charge in [-0.1, -0.05) is 82.6 Å². The minimum Gasteiger partial charge on any atom is -0.495 e. The van der Waals surface area contributed by atoms with Crippen LogP contribution in [0, 0.1) is 23.2 Å². The number of anilines is 1. The number of hydrogen-bond acceptors (Lipinski definition) is 18. The number of ether oxygens (including phenoxy) is 5. The number of carboxylic acid groups (broad SMARTS) is 1. The number of carbonyl (C=O) groups excluding carboxylic acids is 11. The number of carboxylic acids is 1. The molecule has 30 nitrogen and oxygen atoms in total. The Bertz CT molecular complexity index is 3540. The molecular weight excluding hydrogens is 1370 g/mol. The van der Waals surface area contributed by atoms with Gasteiger partial charge in [0.25, 0.3) is 11.8 Å². The Labute approximate surface area is 611 Å². The average Bonchev–Trinajstić information content (AvgIpc) is 1.63. The van der Waals surface area contributed by atoms with Crippen LogP contribution >= 0.6 is 11.6 Å². The van der Waals surface area contributed by atoms with Crippen molar-refractivity contribution >= 4 is 88.5 Å². The van der Waals surface area contributed by atoms with E-state index in [0.29, 0.717) is 61.0 Å².